The Hall–Kier alpha value is -3.26. The van der Waals surface area contributed by atoms with Gasteiger partial charge in [-0.15, -0.1) is 0 Å². The van der Waals surface area contributed by atoms with Gasteiger partial charge in [0.15, 0.2) is 17.3 Å². The summed E-state index contributed by atoms with van der Waals surface area (Å²) in [5.41, 5.74) is 0.444. The number of Topliss-reactive ketones (excluding diaryl/α,β-unsaturated/α-hetero) is 1. The van der Waals surface area contributed by atoms with E-state index in [4.69, 9.17) is 25.8 Å². The summed E-state index contributed by atoms with van der Waals surface area (Å²) in [6, 6.07) is 9.10. The van der Waals surface area contributed by atoms with Crippen molar-refractivity contribution in [1.29, 1.82) is 0 Å². The molecule has 0 aliphatic carbocycles. The first-order valence-corrected chi connectivity index (χ1v) is 10.4. The normalized spacial score (nSPS) is 13.3. The number of carbonyl (C=O) groups is 3. The number of hydrogen-bond donors (Lipinski definition) is 2. The summed E-state index contributed by atoms with van der Waals surface area (Å²) in [6.07, 6.45) is -0.785. The van der Waals surface area contributed by atoms with Crippen LogP contribution < -0.4 is 20.1 Å². The van der Waals surface area contributed by atoms with Gasteiger partial charge in [-0.2, -0.15) is 0 Å². The fourth-order valence-electron chi connectivity index (χ4n) is 3.04. The molecule has 2 aromatic rings. The number of benzene rings is 2. The number of amides is 2. The number of fused-ring (bicyclic) bond motifs is 1. The molecule has 2 N–H and O–H groups in total. The van der Waals surface area contributed by atoms with Crippen LogP contribution in [-0.2, 0) is 16.0 Å². The summed E-state index contributed by atoms with van der Waals surface area (Å²) in [7, 11) is 0. The second-order valence-electron chi connectivity index (χ2n) is 8.31. The molecular weight excluding hydrogens is 436 g/mol. The van der Waals surface area contributed by atoms with E-state index in [2.05, 4.69) is 10.6 Å². The van der Waals surface area contributed by atoms with E-state index in [-0.39, 0.29) is 29.6 Å². The molecule has 0 fully saturated rings. The van der Waals surface area contributed by atoms with Crippen molar-refractivity contribution < 1.29 is 28.6 Å². The SMILES string of the molecule is CC(NC(=O)OC(C)(C)C)C(=O)Cc1cccc(Cl)c1C(=O)Nc1ccc2c(c1)OCO2. The van der Waals surface area contributed by atoms with Gasteiger partial charge in [-0.3, -0.25) is 9.59 Å². The van der Waals surface area contributed by atoms with Crippen molar-refractivity contribution in [2.24, 2.45) is 0 Å². The Labute approximate surface area is 191 Å². The van der Waals surface area contributed by atoms with Gasteiger partial charge in [0.05, 0.1) is 16.6 Å². The number of rotatable bonds is 6. The number of ketones is 1. The summed E-state index contributed by atoms with van der Waals surface area (Å²) in [6.45, 7) is 6.88. The van der Waals surface area contributed by atoms with Crippen molar-refractivity contribution >= 4 is 35.1 Å². The Morgan fingerprint density at radius 1 is 1.12 bits per heavy atom. The van der Waals surface area contributed by atoms with Crippen molar-refractivity contribution in [3.8, 4) is 11.5 Å². The predicted molar refractivity (Wildman–Crippen MR) is 120 cm³/mol. The third-order valence-corrected chi connectivity index (χ3v) is 4.85. The highest BCUT2D eigenvalue weighted by Crippen LogP contribution is 2.34. The van der Waals surface area contributed by atoms with Crippen molar-refractivity contribution in [3.05, 3.63) is 52.5 Å². The molecule has 9 heteroatoms. The van der Waals surface area contributed by atoms with Crippen LogP contribution in [0.15, 0.2) is 36.4 Å². The molecule has 2 amide bonds. The van der Waals surface area contributed by atoms with Gasteiger partial charge >= 0.3 is 6.09 Å². The van der Waals surface area contributed by atoms with Gasteiger partial charge in [0.2, 0.25) is 6.79 Å². The first-order chi connectivity index (χ1) is 15.0. The maximum atomic E-state index is 13.0. The molecule has 0 bridgehead atoms. The molecular formula is C23H25ClN2O6. The van der Waals surface area contributed by atoms with E-state index in [1.807, 2.05) is 0 Å². The van der Waals surface area contributed by atoms with Crippen molar-refractivity contribution in [2.45, 2.75) is 45.8 Å². The lowest BCUT2D eigenvalue weighted by molar-refractivity contribution is -0.120. The molecule has 0 spiro atoms. The van der Waals surface area contributed by atoms with Gasteiger partial charge in [0, 0.05) is 18.2 Å². The third kappa shape index (κ3) is 5.91. The Bertz CT molecular complexity index is 1050. The summed E-state index contributed by atoms with van der Waals surface area (Å²) >= 11 is 6.30. The summed E-state index contributed by atoms with van der Waals surface area (Å²) in [4.78, 5) is 37.6. The maximum Gasteiger partial charge on any atom is 0.408 e. The first-order valence-electron chi connectivity index (χ1n) is 10.0. The average Bonchev–Trinajstić information content (AvgIpc) is 3.14. The Morgan fingerprint density at radius 3 is 2.56 bits per heavy atom. The third-order valence-electron chi connectivity index (χ3n) is 4.54. The Kier molecular flexibility index (Phi) is 6.93. The van der Waals surface area contributed by atoms with E-state index in [1.165, 1.54) is 0 Å². The molecule has 2 aromatic carbocycles. The van der Waals surface area contributed by atoms with Crippen LogP contribution >= 0.6 is 11.6 Å². The molecule has 1 unspecified atom stereocenters. The number of nitrogens with one attached hydrogen (secondary N) is 2. The molecule has 3 rings (SSSR count). The molecule has 1 aliphatic rings. The average molecular weight is 461 g/mol. The zero-order valence-electron chi connectivity index (χ0n) is 18.3. The van der Waals surface area contributed by atoms with Gasteiger partial charge < -0.3 is 24.8 Å². The lowest BCUT2D eigenvalue weighted by atomic mass is 9.99. The fourth-order valence-corrected chi connectivity index (χ4v) is 3.32. The number of anilines is 1. The minimum atomic E-state index is -0.811. The highest BCUT2D eigenvalue weighted by molar-refractivity contribution is 6.34. The van der Waals surface area contributed by atoms with Crippen LogP contribution in [0.5, 0.6) is 11.5 Å². The van der Waals surface area contributed by atoms with Crippen molar-refractivity contribution in [3.63, 3.8) is 0 Å². The van der Waals surface area contributed by atoms with E-state index < -0.39 is 23.6 Å². The van der Waals surface area contributed by atoms with Gasteiger partial charge in [0.1, 0.15) is 5.60 Å². The smallest absolute Gasteiger partial charge is 0.408 e. The molecule has 0 saturated carbocycles. The topological polar surface area (TPSA) is 103 Å². The summed E-state index contributed by atoms with van der Waals surface area (Å²) in [5, 5.41) is 5.49. The molecule has 0 radical (unpaired) electrons. The lowest BCUT2D eigenvalue weighted by Gasteiger charge is -2.21. The summed E-state index contributed by atoms with van der Waals surface area (Å²) < 4.78 is 15.8. The minimum absolute atomic E-state index is 0.0958. The molecule has 170 valence electrons. The number of hydrogen-bond acceptors (Lipinski definition) is 6. The van der Waals surface area contributed by atoms with Crippen molar-refractivity contribution in [1.82, 2.24) is 5.32 Å². The molecule has 1 aliphatic heterocycles. The highest BCUT2D eigenvalue weighted by Gasteiger charge is 2.24. The van der Waals surface area contributed by atoms with E-state index in [9.17, 15) is 14.4 Å². The lowest BCUT2D eigenvalue weighted by Crippen LogP contribution is -2.42. The molecule has 0 saturated heterocycles. The fraction of sp³-hybridized carbons (Fsp3) is 0.348. The van der Waals surface area contributed by atoms with Gasteiger partial charge in [-0.05, 0) is 51.5 Å². The molecule has 1 heterocycles. The van der Waals surface area contributed by atoms with Crippen LogP contribution in [-0.4, -0.2) is 36.2 Å². The van der Waals surface area contributed by atoms with Gasteiger partial charge in [-0.25, -0.2) is 4.79 Å². The van der Waals surface area contributed by atoms with Crippen LogP contribution in [0.1, 0.15) is 43.6 Å². The largest absolute Gasteiger partial charge is 0.454 e. The standard InChI is InChI=1S/C23H25ClN2O6/c1-13(25-22(29)32-23(2,3)4)17(27)10-14-6-5-7-16(24)20(14)21(28)26-15-8-9-18-19(11-15)31-12-30-18/h5-9,11,13H,10,12H2,1-4H3,(H,25,29)(H,26,28). The molecule has 1 atom stereocenters. The van der Waals surface area contributed by atoms with Crippen LogP contribution in [0.25, 0.3) is 0 Å². The first kappa shape index (κ1) is 23.4. The zero-order valence-corrected chi connectivity index (χ0v) is 19.0. The van der Waals surface area contributed by atoms with E-state index in [0.29, 0.717) is 22.7 Å². The number of halogens is 1. The van der Waals surface area contributed by atoms with Crippen LogP contribution in [0.3, 0.4) is 0 Å². The van der Waals surface area contributed by atoms with E-state index in [0.717, 1.165) is 0 Å². The highest BCUT2D eigenvalue weighted by atomic mass is 35.5. The van der Waals surface area contributed by atoms with Gasteiger partial charge in [0.25, 0.3) is 5.91 Å². The predicted octanol–water partition coefficient (Wildman–Crippen LogP) is 4.35. The number of alkyl carbamates (subject to hydrolysis) is 1. The molecule has 0 aromatic heterocycles. The number of carbonyl (C=O) groups excluding carboxylic acids is 3. The van der Waals surface area contributed by atoms with Crippen LogP contribution in [0, 0.1) is 0 Å². The van der Waals surface area contributed by atoms with E-state index >= 15 is 0 Å². The second kappa shape index (κ2) is 9.48. The summed E-state index contributed by atoms with van der Waals surface area (Å²) in [5.74, 6) is 0.359. The Morgan fingerprint density at radius 2 is 1.84 bits per heavy atom. The maximum absolute atomic E-state index is 13.0. The van der Waals surface area contributed by atoms with Gasteiger partial charge in [-0.1, -0.05) is 23.7 Å². The number of ether oxygens (including phenoxy) is 3. The van der Waals surface area contributed by atoms with E-state index in [1.54, 1.807) is 64.1 Å². The second-order valence-corrected chi connectivity index (χ2v) is 8.71. The molecule has 32 heavy (non-hydrogen) atoms. The Balaban J connectivity index is 1.72. The monoisotopic (exact) mass is 460 g/mol. The zero-order chi connectivity index (χ0) is 23.5. The quantitative estimate of drug-likeness (QED) is 0.664. The van der Waals surface area contributed by atoms with Crippen LogP contribution in [0.2, 0.25) is 5.02 Å². The minimum Gasteiger partial charge on any atom is -0.454 e. The van der Waals surface area contributed by atoms with Crippen LogP contribution in [0.4, 0.5) is 10.5 Å². The van der Waals surface area contributed by atoms with Crippen molar-refractivity contribution in [2.75, 3.05) is 12.1 Å². The molecule has 8 nitrogen and oxygen atoms in total.